The van der Waals surface area contributed by atoms with Gasteiger partial charge in [0.05, 0.1) is 11.1 Å². The van der Waals surface area contributed by atoms with Gasteiger partial charge in [0.25, 0.3) is 0 Å². The third-order valence-corrected chi connectivity index (χ3v) is 3.61. The number of thiazole rings is 1. The smallest absolute Gasteiger partial charge is 0.168 e. The van der Waals surface area contributed by atoms with Gasteiger partial charge in [-0.3, -0.25) is 9.20 Å². The van der Waals surface area contributed by atoms with Crippen LogP contribution in [0, 0.1) is 0 Å². The Kier molecular flexibility index (Phi) is 2.08. The molecule has 0 atom stereocenters. The molecule has 0 N–H and O–H groups in total. The number of aldehydes is 1. The van der Waals surface area contributed by atoms with E-state index in [0.717, 1.165) is 21.6 Å². The number of carbonyl (C=O) groups is 1. The molecule has 0 aliphatic rings. The lowest BCUT2D eigenvalue weighted by Crippen LogP contribution is -1.89. The van der Waals surface area contributed by atoms with E-state index in [1.54, 1.807) is 23.9 Å². The van der Waals surface area contributed by atoms with Crippen LogP contribution in [0.4, 0.5) is 0 Å². The predicted molar refractivity (Wildman–Crippen MR) is 63.9 cm³/mol. The summed E-state index contributed by atoms with van der Waals surface area (Å²) in [5.41, 5.74) is 1.74. The van der Waals surface area contributed by atoms with Crippen molar-refractivity contribution in [1.82, 2.24) is 9.38 Å². The molecule has 3 nitrogen and oxygen atoms in total. The Morgan fingerprint density at radius 3 is 2.81 bits per heavy atom. The number of hydrogen-bond donors (Lipinski definition) is 0. The van der Waals surface area contributed by atoms with E-state index in [1.165, 1.54) is 0 Å². The second kappa shape index (κ2) is 3.57. The van der Waals surface area contributed by atoms with E-state index in [4.69, 9.17) is 0 Å². The molecule has 0 aliphatic heterocycles. The van der Waals surface area contributed by atoms with Gasteiger partial charge in [-0.2, -0.15) is 0 Å². The third kappa shape index (κ3) is 1.27. The summed E-state index contributed by atoms with van der Waals surface area (Å²) in [5.74, 6) is 0. The maximum atomic E-state index is 11.1. The van der Waals surface area contributed by atoms with Crippen LogP contribution < -0.4 is 0 Å². The fourth-order valence-electron chi connectivity index (χ4n) is 1.71. The lowest BCUT2D eigenvalue weighted by atomic mass is 10.2. The molecule has 0 saturated carbocycles. The highest BCUT2D eigenvalue weighted by Gasteiger charge is 2.12. The minimum atomic E-state index is 0.670. The average Bonchev–Trinajstić information content (AvgIpc) is 2.89. The Labute approximate surface area is 96.0 Å². The topological polar surface area (TPSA) is 34.4 Å². The number of rotatable bonds is 2. The van der Waals surface area contributed by atoms with Crippen LogP contribution in [0.3, 0.4) is 0 Å². The van der Waals surface area contributed by atoms with Crippen molar-refractivity contribution in [3.63, 3.8) is 0 Å². The van der Waals surface area contributed by atoms with Crippen molar-refractivity contribution in [3.8, 4) is 10.4 Å². The molecular formula is C12H8N2OS. The van der Waals surface area contributed by atoms with Gasteiger partial charge in [0.15, 0.2) is 6.29 Å². The molecule has 0 spiro atoms. The summed E-state index contributed by atoms with van der Waals surface area (Å²) in [6, 6.07) is 9.91. The molecule has 0 saturated heterocycles. The van der Waals surface area contributed by atoms with E-state index in [0.29, 0.717) is 5.69 Å². The Morgan fingerprint density at radius 1 is 1.25 bits per heavy atom. The monoisotopic (exact) mass is 228 g/mol. The van der Waals surface area contributed by atoms with Crippen molar-refractivity contribution in [2.45, 2.75) is 0 Å². The first-order chi connectivity index (χ1) is 7.90. The maximum absolute atomic E-state index is 11.1. The van der Waals surface area contributed by atoms with Crippen molar-refractivity contribution < 1.29 is 4.79 Å². The molecule has 1 aromatic carbocycles. The first-order valence-electron chi connectivity index (χ1n) is 4.85. The van der Waals surface area contributed by atoms with Gasteiger partial charge in [0.2, 0.25) is 0 Å². The van der Waals surface area contributed by atoms with E-state index in [9.17, 15) is 4.79 Å². The summed E-state index contributed by atoms with van der Waals surface area (Å²) in [4.78, 5) is 17.1. The first-order valence-corrected chi connectivity index (χ1v) is 5.67. The molecule has 4 heteroatoms. The Bertz CT molecular complexity index is 639. The van der Waals surface area contributed by atoms with Crippen LogP contribution in [0.25, 0.3) is 15.3 Å². The van der Waals surface area contributed by atoms with Crippen LogP contribution in [-0.2, 0) is 0 Å². The highest BCUT2D eigenvalue weighted by Crippen LogP contribution is 2.31. The van der Waals surface area contributed by atoms with Crippen LogP contribution in [0.1, 0.15) is 10.5 Å². The van der Waals surface area contributed by atoms with Crippen molar-refractivity contribution >= 4 is 22.5 Å². The van der Waals surface area contributed by atoms with E-state index < -0.39 is 0 Å². The third-order valence-electron chi connectivity index (χ3n) is 2.45. The van der Waals surface area contributed by atoms with Gasteiger partial charge >= 0.3 is 0 Å². The molecule has 0 amide bonds. The average molecular weight is 228 g/mol. The number of fused-ring (bicyclic) bond motifs is 1. The second-order valence-corrected chi connectivity index (χ2v) is 4.43. The van der Waals surface area contributed by atoms with Gasteiger partial charge in [-0.05, 0) is 5.56 Å². The highest BCUT2D eigenvalue weighted by molar-refractivity contribution is 7.21. The summed E-state index contributed by atoms with van der Waals surface area (Å²) in [5, 5.41) is 0. The fourth-order valence-corrected chi connectivity index (χ4v) is 2.78. The summed E-state index contributed by atoms with van der Waals surface area (Å²) in [7, 11) is 0. The minimum Gasteiger partial charge on any atom is -0.296 e. The molecule has 78 valence electrons. The van der Waals surface area contributed by atoms with E-state index in [1.807, 2.05) is 34.7 Å². The Balaban J connectivity index is 2.31. The normalized spacial score (nSPS) is 10.8. The summed E-state index contributed by atoms with van der Waals surface area (Å²) >= 11 is 1.58. The SMILES string of the molecule is O=Cc1c(-c2ccccc2)sc2cncn12. The largest absolute Gasteiger partial charge is 0.296 e. The van der Waals surface area contributed by atoms with Gasteiger partial charge < -0.3 is 0 Å². The zero-order chi connectivity index (χ0) is 11.0. The Morgan fingerprint density at radius 2 is 2.06 bits per heavy atom. The van der Waals surface area contributed by atoms with Crippen LogP contribution in [-0.4, -0.2) is 15.7 Å². The van der Waals surface area contributed by atoms with Crippen molar-refractivity contribution in [1.29, 1.82) is 0 Å². The first kappa shape index (κ1) is 9.30. The number of aromatic nitrogens is 2. The maximum Gasteiger partial charge on any atom is 0.168 e. The Hall–Kier alpha value is -1.94. The quantitative estimate of drug-likeness (QED) is 0.632. The second-order valence-electron chi connectivity index (χ2n) is 3.40. The molecular weight excluding hydrogens is 220 g/mol. The fraction of sp³-hybridized carbons (Fsp3) is 0. The molecule has 16 heavy (non-hydrogen) atoms. The molecule has 2 aromatic heterocycles. The molecule has 0 fully saturated rings. The van der Waals surface area contributed by atoms with Crippen LogP contribution in [0.2, 0.25) is 0 Å². The molecule has 0 bridgehead atoms. The van der Waals surface area contributed by atoms with E-state index in [2.05, 4.69) is 4.98 Å². The number of carbonyl (C=O) groups excluding carboxylic acids is 1. The summed E-state index contributed by atoms with van der Waals surface area (Å²) in [6.45, 7) is 0. The van der Waals surface area contributed by atoms with Crippen molar-refractivity contribution in [2.75, 3.05) is 0 Å². The number of nitrogens with zero attached hydrogens (tertiary/aromatic N) is 2. The van der Waals surface area contributed by atoms with Crippen LogP contribution in [0.15, 0.2) is 42.9 Å². The number of hydrogen-bond acceptors (Lipinski definition) is 3. The van der Waals surface area contributed by atoms with Crippen LogP contribution in [0.5, 0.6) is 0 Å². The summed E-state index contributed by atoms with van der Waals surface area (Å²) in [6.07, 6.45) is 4.32. The van der Waals surface area contributed by atoms with Gasteiger partial charge in [-0.15, -0.1) is 11.3 Å². The molecule has 0 unspecified atom stereocenters. The van der Waals surface area contributed by atoms with Crippen molar-refractivity contribution in [2.24, 2.45) is 0 Å². The van der Waals surface area contributed by atoms with Crippen LogP contribution >= 0.6 is 11.3 Å². The number of benzene rings is 1. The van der Waals surface area contributed by atoms with Gasteiger partial charge in [-0.1, -0.05) is 30.3 Å². The zero-order valence-electron chi connectivity index (χ0n) is 8.33. The zero-order valence-corrected chi connectivity index (χ0v) is 9.15. The molecule has 3 rings (SSSR count). The van der Waals surface area contributed by atoms with Gasteiger partial charge in [0.1, 0.15) is 16.9 Å². The van der Waals surface area contributed by atoms with E-state index in [-0.39, 0.29) is 0 Å². The summed E-state index contributed by atoms with van der Waals surface area (Å²) < 4.78 is 1.82. The predicted octanol–water partition coefficient (Wildman–Crippen LogP) is 2.88. The minimum absolute atomic E-state index is 0.670. The highest BCUT2D eigenvalue weighted by atomic mass is 32.1. The van der Waals surface area contributed by atoms with Gasteiger partial charge in [-0.25, -0.2) is 4.98 Å². The molecule has 2 heterocycles. The standard InChI is InChI=1S/C12H8N2OS/c15-7-10-12(9-4-2-1-3-5-9)16-11-6-13-8-14(10)11/h1-8H. The molecule has 0 radical (unpaired) electrons. The van der Waals surface area contributed by atoms with Crippen molar-refractivity contribution in [3.05, 3.63) is 48.5 Å². The number of imidazole rings is 1. The lowest BCUT2D eigenvalue weighted by Gasteiger charge is -1.97. The van der Waals surface area contributed by atoms with Gasteiger partial charge in [0, 0.05) is 0 Å². The van der Waals surface area contributed by atoms with E-state index >= 15 is 0 Å². The molecule has 3 aromatic rings. The molecule has 0 aliphatic carbocycles. The lowest BCUT2D eigenvalue weighted by molar-refractivity contribution is 0.111.